The largest absolute Gasteiger partial charge is 0.454 e. The normalized spacial score (nSPS) is 19.8. The molecule has 4 heteroatoms. The maximum Gasteiger partial charge on any atom is 0.248 e. The molecule has 0 saturated heterocycles. The van der Waals surface area contributed by atoms with Crippen LogP contribution in [0.1, 0.15) is 49.1 Å². The Kier molecular flexibility index (Phi) is 3.53. The highest BCUT2D eigenvalue weighted by Gasteiger charge is 2.34. The first kappa shape index (κ1) is 14.4. The van der Waals surface area contributed by atoms with Crippen LogP contribution in [0.2, 0.25) is 0 Å². The molecule has 1 aliphatic heterocycles. The minimum absolute atomic E-state index is 0.0819. The van der Waals surface area contributed by atoms with Crippen LogP contribution in [0.15, 0.2) is 34.7 Å². The summed E-state index contributed by atoms with van der Waals surface area (Å²) in [6.45, 7) is 5.43. The lowest BCUT2D eigenvalue weighted by Gasteiger charge is -2.20. The first-order valence-corrected chi connectivity index (χ1v) is 7.30. The second-order valence-electron chi connectivity index (χ2n) is 5.49. The zero-order chi connectivity index (χ0) is 15.7. The molecule has 0 radical (unpaired) electrons. The lowest BCUT2D eigenvalue weighted by molar-refractivity contribution is -0.0640. The van der Waals surface area contributed by atoms with Crippen molar-refractivity contribution in [3.63, 3.8) is 0 Å². The number of ether oxygens (including phenoxy) is 2. The fourth-order valence-corrected chi connectivity index (χ4v) is 2.23. The van der Waals surface area contributed by atoms with E-state index < -0.39 is 5.79 Å². The Balaban J connectivity index is 1.78. The smallest absolute Gasteiger partial charge is 0.248 e. The van der Waals surface area contributed by atoms with Crippen molar-refractivity contribution in [2.75, 3.05) is 0 Å². The van der Waals surface area contributed by atoms with Gasteiger partial charge in [-0.05, 0) is 35.9 Å². The molecule has 3 rings (SSSR count). The summed E-state index contributed by atoms with van der Waals surface area (Å²) in [6, 6.07) is 9.23. The Hall–Kier alpha value is -2.49. The molecular formula is C18H18O4. The van der Waals surface area contributed by atoms with Gasteiger partial charge in [-0.15, -0.1) is 0 Å². The predicted molar refractivity (Wildman–Crippen MR) is 84.0 cm³/mol. The molecule has 1 aromatic heterocycles. The highest BCUT2D eigenvalue weighted by molar-refractivity contribution is 5.91. The van der Waals surface area contributed by atoms with E-state index in [1.807, 2.05) is 44.2 Å². The summed E-state index contributed by atoms with van der Waals surface area (Å²) in [4.78, 5) is 11.2. The summed E-state index contributed by atoms with van der Waals surface area (Å²) in [6.07, 6.45) is 4.50. The summed E-state index contributed by atoms with van der Waals surface area (Å²) in [5.41, 5.74) is 0.975. The molecule has 0 N–H and O–H groups in total. The molecule has 22 heavy (non-hydrogen) atoms. The molecule has 0 fully saturated rings. The van der Waals surface area contributed by atoms with Gasteiger partial charge in [0.15, 0.2) is 23.0 Å². The third-order valence-corrected chi connectivity index (χ3v) is 3.68. The minimum Gasteiger partial charge on any atom is -0.454 e. The highest BCUT2D eigenvalue weighted by Crippen LogP contribution is 2.41. The molecule has 114 valence electrons. The number of carbonyl (C=O) groups excluding carboxylic acids is 1. The topological polar surface area (TPSA) is 48.7 Å². The molecule has 1 aliphatic rings. The maximum atomic E-state index is 11.2. The number of ketones is 1. The van der Waals surface area contributed by atoms with Gasteiger partial charge in [0.2, 0.25) is 5.79 Å². The number of fused-ring (bicyclic) bond motifs is 1. The molecule has 2 aromatic rings. The van der Waals surface area contributed by atoms with Gasteiger partial charge in [-0.25, -0.2) is 0 Å². The van der Waals surface area contributed by atoms with Crippen molar-refractivity contribution in [1.29, 1.82) is 0 Å². The van der Waals surface area contributed by atoms with Crippen molar-refractivity contribution in [3.8, 4) is 11.5 Å². The van der Waals surface area contributed by atoms with E-state index in [9.17, 15) is 4.79 Å². The van der Waals surface area contributed by atoms with Gasteiger partial charge in [0, 0.05) is 20.3 Å². The highest BCUT2D eigenvalue weighted by atomic mass is 16.7. The van der Waals surface area contributed by atoms with Crippen molar-refractivity contribution in [1.82, 2.24) is 0 Å². The number of carbonyl (C=O) groups is 1. The van der Waals surface area contributed by atoms with Crippen LogP contribution in [0.25, 0.3) is 12.2 Å². The predicted octanol–water partition coefficient (Wildman–Crippen LogP) is 4.55. The summed E-state index contributed by atoms with van der Waals surface area (Å²) < 4.78 is 17.1. The van der Waals surface area contributed by atoms with Gasteiger partial charge in [-0.2, -0.15) is 0 Å². The van der Waals surface area contributed by atoms with Crippen LogP contribution in [0.5, 0.6) is 11.5 Å². The van der Waals surface area contributed by atoms with E-state index in [1.165, 1.54) is 6.92 Å². The Morgan fingerprint density at radius 3 is 2.59 bits per heavy atom. The first-order chi connectivity index (χ1) is 10.5. The SMILES string of the molecule is CCC1(C)Oc2ccc(C=Cc3ccc(C(C)=O)o3)cc2O1. The van der Waals surface area contributed by atoms with E-state index in [4.69, 9.17) is 13.9 Å². The molecule has 0 saturated carbocycles. The van der Waals surface area contributed by atoms with Gasteiger partial charge in [0.25, 0.3) is 0 Å². The van der Waals surface area contributed by atoms with Crippen LogP contribution in [0.4, 0.5) is 0 Å². The van der Waals surface area contributed by atoms with E-state index in [1.54, 1.807) is 12.1 Å². The van der Waals surface area contributed by atoms with Crippen LogP contribution in [-0.4, -0.2) is 11.6 Å². The van der Waals surface area contributed by atoms with Crippen molar-refractivity contribution in [2.45, 2.75) is 33.0 Å². The summed E-state index contributed by atoms with van der Waals surface area (Å²) in [7, 11) is 0. The number of hydrogen-bond donors (Lipinski definition) is 0. The number of rotatable bonds is 4. The van der Waals surface area contributed by atoms with E-state index in [0.717, 1.165) is 23.5 Å². The fraction of sp³-hybridized carbons (Fsp3) is 0.278. The molecule has 0 bridgehead atoms. The van der Waals surface area contributed by atoms with Crippen LogP contribution >= 0.6 is 0 Å². The minimum atomic E-state index is -0.581. The average molecular weight is 298 g/mol. The summed E-state index contributed by atoms with van der Waals surface area (Å²) in [5.74, 6) is 1.85. The fourth-order valence-electron chi connectivity index (χ4n) is 2.23. The van der Waals surface area contributed by atoms with Crippen molar-refractivity contribution >= 4 is 17.9 Å². The third kappa shape index (κ3) is 2.77. The Morgan fingerprint density at radius 1 is 1.14 bits per heavy atom. The monoisotopic (exact) mass is 298 g/mol. The Labute approximate surface area is 129 Å². The van der Waals surface area contributed by atoms with Crippen LogP contribution < -0.4 is 9.47 Å². The van der Waals surface area contributed by atoms with Gasteiger partial charge in [-0.1, -0.05) is 19.1 Å². The second kappa shape index (κ2) is 5.37. The van der Waals surface area contributed by atoms with Gasteiger partial charge >= 0.3 is 0 Å². The zero-order valence-corrected chi connectivity index (χ0v) is 12.9. The first-order valence-electron chi connectivity index (χ1n) is 7.30. The number of hydrogen-bond acceptors (Lipinski definition) is 4. The van der Waals surface area contributed by atoms with Crippen LogP contribution in [0.3, 0.4) is 0 Å². The van der Waals surface area contributed by atoms with Gasteiger partial charge in [0.1, 0.15) is 5.76 Å². The lowest BCUT2D eigenvalue weighted by Crippen LogP contribution is -2.33. The Morgan fingerprint density at radius 2 is 1.91 bits per heavy atom. The number of furan rings is 1. The van der Waals surface area contributed by atoms with E-state index in [2.05, 4.69) is 0 Å². The van der Waals surface area contributed by atoms with Gasteiger partial charge in [-0.3, -0.25) is 4.79 Å². The van der Waals surface area contributed by atoms with Crippen LogP contribution in [-0.2, 0) is 0 Å². The number of benzene rings is 1. The van der Waals surface area contributed by atoms with Crippen LogP contribution in [0, 0.1) is 0 Å². The summed E-state index contributed by atoms with van der Waals surface area (Å²) in [5, 5.41) is 0. The quantitative estimate of drug-likeness (QED) is 0.777. The van der Waals surface area contributed by atoms with E-state index in [0.29, 0.717) is 11.5 Å². The van der Waals surface area contributed by atoms with E-state index >= 15 is 0 Å². The molecule has 1 atom stereocenters. The lowest BCUT2D eigenvalue weighted by atomic mass is 10.2. The molecule has 4 nitrogen and oxygen atoms in total. The van der Waals surface area contributed by atoms with Gasteiger partial charge in [0.05, 0.1) is 0 Å². The van der Waals surface area contributed by atoms with Gasteiger partial charge < -0.3 is 13.9 Å². The molecule has 1 unspecified atom stereocenters. The van der Waals surface area contributed by atoms with Crippen molar-refractivity contribution in [3.05, 3.63) is 47.4 Å². The summed E-state index contributed by atoms with van der Waals surface area (Å²) >= 11 is 0. The van der Waals surface area contributed by atoms with Crippen molar-refractivity contribution in [2.24, 2.45) is 0 Å². The molecule has 2 heterocycles. The third-order valence-electron chi connectivity index (χ3n) is 3.68. The molecule has 0 aliphatic carbocycles. The zero-order valence-electron chi connectivity index (χ0n) is 12.9. The standard InChI is InChI=1S/C18H18O4/c1-4-18(3)21-16-9-6-13(11-17(16)22-18)5-7-14-8-10-15(20-14)12(2)19/h5-11H,4H2,1-3H3. The van der Waals surface area contributed by atoms with E-state index in [-0.39, 0.29) is 5.78 Å². The molecule has 0 spiro atoms. The maximum absolute atomic E-state index is 11.2. The molecular weight excluding hydrogens is 280 g/mol. The average Bonchev–Trinajstić information content (AvgIpc) is 3.08. The van der Waals surface area contributed by atoms with Crippen molar-refractivity contribution < 1.29 is 18.7 Å². The molecule has 1 aromatic carbocycles. The Bertz CT molecular complexity index is 741. The number of Topliss-reactive ketones (excluding diaryl/α,β-unsaturated/α-hetero) is 1. The second-order valence-corrected chi connectivity index (χ2v) is 5.49. The molecule has 0 amide bonds.